The van der Waals surface area contributed by atoms with Gasteiger partial charge in [-0.1, -0.05) is 24.3 Å². The van der Waals surface area contributed by atoms with E-state index in [0.717, 1.165) is 0 Å². The smallest absolute Gasteiger partial charge is 0.0752 e. The van der Waals surface area contributed by atoms with Crippen LogP contribution in [-0.4, -0.2) is 12.1 Å². The highest BCUT2D eigenvalue weighted by Gasteiger charge is 2.29. The Labute approximate surface area is 83.4 Å². The summed E-state index contributed by atoms with van der Waals surface area (Å²) in [6.45, 7) is 0. The number of dihydropyridines is 2. The Bertz CT molecular complexity index is 359. The molecule has 0 aromatic carbocycles. The van der Waals surface area contributed by atoms with Crippen LogP contribution in [0.5, 0.6) is 0 Å². The molecule has 0 aromatic rings. The van der Waals surface area contributed by atoms with Gasteiger partial charge in [0.15, 0.2) is 0 Å². The lowest BCUT2D eigenvalue weighted by Crippen LogP contribution is -2.49. The van der Waals surface area contributed by atoms with E-state index in [1.165, 1.54) is 11.1 Å². The second-order valence-corrected chi connectivity index (χ2v) is 3.67. The van der Waals surface area contributed by atoms with Crippen molar-refractivity contribution in [3.63, 3.8) is 0 Å². The van der Waals surface area contributed by atoms with Gasteiger partial charge in [0.2, 0.25) is 0 Å². The minimum Gasteiger partial charge on any atom is -0.382 e. The van der Waals surface area contributed by atoms with Crippen LogP contribution in [0.3, 0.4) is 0 Å². The van der Waals surface area contributed by atoms with E-state index in [4.69, 9.17) is 0 Å². The van der Waals surface area contributed by atoms with Crippen LogP contribution >= 0.6 is 0 Å². The van der Waals surface area contributed by atoms with Crippen molar-refractivity contribution in [2.75, 3.05) is 0 Å². The monoisotopic (exact) mass is 184 g/mol. The highest BCUT2D eigenvalue weighted by Crippen LogP contribution is 2.25. The molecular weight excluding hydrogens is 172 g/mol. The fourth-order valence-electron chi connectivity index (χ4n) is 2.12. The van der Waals surface area contributed by atoms with Gasteiger partial charge in [-0.3, -0.25) is 0 Å². The standard InChI is InChI=1S/C12H12N2/c1-3-9-5-6-10-4-2-8-14-12(10)11(9)13-7-1/h1-8,11-14H. The van der Waals surface area contributed by atoms with Crippen molar-refractivity contribution in [2.45, 2.75) is 12.1 Å². The summed E-state index contributed by atoms with van der Waals surface area (Å²) in [7, 11) is 0. The third-order valence-electron chi connectivity index (χ3n) is 2.84. The first kappa shape index (κ1) is 7.68. The molecule has 2 atom stereocenters. The quantitative estimate of drug-likeness (QED) is 0.594. The Morgan fingerprint density at radius 2 is 1.29 bits per heavy atom. The molecule has 0 fully saturated rings. The van der Waals surface area contributed by atoms with Gasteiger partial charge in [-0.25, -0.2) is 0 Å². The third-order valence-corrected chi connectivity index (χ3v) is 2.84. The molecule has 0 saturated carbocycles. The second kappa shape index (κ2) is 2.91. The lowest BCUT2D eigenvalue weighted by atomic mass is 9.85. The Morgan fingerprint density at radius 1 is 0.786 bits per heavy atom. The Hall–Kier alpha value is -1.70. The molecule has 1 aliphatic carbocycles. The van der Waals surface area contributed by atoms with Crippen LogP contribution in [0.4, 0.5) is 0 Å². The van der Waals surface area contributed by atoms with Gasteiger partial charge < -0.3 is 10.6 Å². The highest BCUT2D eigenvalue weighted by atomic mass is 15.0. The summed E-state index contributed by atoms with van der Waals surface area (Å²) in [5.41, 5.74) is 2.69. The molecule has 14 heavy (non-hydrogen) atoms. The van der Waals surface area contributed by atoms with Gasteiger partial charge in [0.1, 0.15) is 0 Å². The molecule has 3 aliphatic rings. The zero-order valence-corrected chi connectivity index (χ0v) is 7.77. The first-order valence-electron chi connectivity index (χ1n) is 4.89. The molecule has 0 saturated heterocycles. The van der Waals surface area contributed by atoms with Crippen LogP contribution in [0.25, 0.3) is 0 Å². The number of rotatable bonds is 0. The molecule has 0 amide bonds. The fraction of sp³-hybridized carbons (Fsp3) is 0.167. The Morgan fingerprint density at radius 3 is 1.79 bits per heavy atom. The second-order valence-electron chi connectivity index (χ2n) is 3.67. The summed E-state index contributed by atoms with van der Waals surface area (Å²) in [6.07, 6.45) is 16.8. The average molecular weight is 184 g/mol. The predicted molar refractivity (Wildman–Crippen MR) is 57.4 cm³/mol. The Balaban J connectivity index is 2.03. The molecule has 0 radical (unpaired) electrons. The van der Waals surface area contributed by atoms with E-state index in [-0.39, 0.29) is 0 Å². The summed E-state index contributed by atoms with van der Waals surface area (Å²) >= 11 is 0. The summed E-state index contributed by atoms with van der Waals surface area (Å²) < 4.78 is 0. The molecule has 2 unspecified atom stereocenters. The van der Waals surface area contributed by atoms with E-state index in [9.17, 15) is 0 Å². The lowest BCUT2D eigenvalue weighted by Gasteiger charge is -2.35. The molecule has 3 rings (SSSR count). The van der Waals surface area contributed by atoms with E-state index in [1.54, 1.807) is 0 Å². The zero-order chi connectivity index (χ0) is 9.38. The van der Waals surface area contributed by atoms with Gasteiger partial charge in [-0.15, -0.1) is 0 Å². The van der Waals surface area contributed by atoms with E-state index >= 15 is 0 Å². The molecule has 2 aliphatic heterocycles. The SMILES string of the molecule is C1=CNC2C(=C1)C=CC1=CC=CNC12. The molecule has 70 valence electrons. The van der Waals surface area contributed by atoms with E-state index in [0.29, 0.717) is 12.1 Å². The van der Waals surface area contributed by atoms with Crippen molar-refractivity contribution < 1.29 is 0 Å². The van der Waals surface area contributed by atoms with Crippen molar-refractivity contribution in [2.24, 2.45) is 0 Å². The third kappa shape index (κ3) is 1.04. The van der Waals surface area contributed by atoms with Crippen LogP contribution in [0.15, 0.2) is 60.0 Å². The van der Waals surface area contributed by atoms with Crippen molar-refractivity contribution >= 4 is 0 Å². The molecule has 0 bridgehead atoms. The van der Waals surface area contributed by atoms with E-state index in [1.807, 2.05) is 24.6 Å². The molecule has 2 heteroatoms. The predicted octanol–water partition coefficient (Wildman–Crippen LogP) is 1.38. The maximum atomic E-state index is 3.38. The summed E-state index contributed by atoms with van der Waals surface area (Å²) in [5, 5.41) is 6.77. The number of nitrogens with one attached hydrogen (secondary N) is 2. The van der Waals surface area contributed by atoms with Gasteiger partial charge in [-0.2, -0.15) is 0 Å². The number of hydrogen-bond acceptors (Lipinski definition) is 2. The summed E-state index contributed by atoms with van der Waals surface area (Å²) in [4.78, 5) is 0. The van der Waals surface area contributed by atoms with Gasteiger partial charge in [0, 0.05) is 0 Å². The minimum atomic E-state index is 0.376. The highest BCUT2D eigenvalue weighted by molar-refractivity contribution is 5.48. The van der Waals surface area contributed by atoms with Gasteiger partial charge >= 0.3 is 0 Å². The molecule has 2 heterocycles. The maximum absolute atomic E-state index is 3.38. The zero-order valence-electron chi connectivity index (χ0n) is 7.77. The molecule has 2 nitrogen and oxygen atoms in total. The summed E-state index contributed by atoms with van der Waals surface area (Å²) in [6, 6.07) is 0.752. The lowest BCUT2D eigenvalue weighted by molar-refractivity contribution is 0.522. The minimum absolute atomic E-state index is 0.376. The van der Waals surface area contributed by atoms with Gasteiger partial charge in [0.25, 0.3) is 0 Å². The van der Waals surface area contributed by atoms with Crippen molar-refractivity contribution in [3.05, 3.63) is 60.0 Å². The first-order chi connectivity index (χ1) is 6.95. The molecule has 0 spiro atoms. The number of fused-ring (bicyclic) bond motifs is 3. The molecule has 2 N–H and O–H groups in total. The molecular formula is C12H12N2. The first-order valence-corrected chi connectivity index (χ1v) is 4.89. The fourth-order valence-corrected chi connectivity index (χ4v) is 2.12. The topological polar surface area (TPSA) is 24.1 Å². The normalized spacial score (nSPS) is 32.0. The largest absolute Gasteiger partial charge is 0.382 e. The van der Waals surface area contributed by atoms with Crippen LogP contribution in [-0.2, 0) is 0 Å². The van der Waals surface area contributed by atoms with Crippen molar-refractivity contribution in [3.8, 4) is 0 Å². The van der Waals surface area contributed by atoms with E-state index < -0.39 is 0 Å². The average Bonchev–Trinajstić information content (AvgIpc) is 2.29. The molecule has 0 aromatic heterocycles. The Kier molecular flexibility index (Phi) is 1.60. The van der Waals surface area contributed by atoms with Crippen LogP contribution in [0.2, 0.25) is 0 Å². The maximum Gasteiger partial charge on any atom is 0.0752 e. The van der Waals surface area contributed by atoms with Crippen LogP contribution < -0.4 is 10.6 Å². The van der Waals surface area contributed by atoms with Crippen LogP contribution in [0.1, 0.15) is 0 Å². The summed E-state index contributed by atoms with van der Waals surface area (Å²) in [5.74, 6) is 0. The number of allylic oxidation sites excluding steroid dienone is 4. The van der Waals surface area contributed by atoms with E-state index in [2.05, 4.69) is 34.9 Å². The van der Waals surface area contributed by atoms with Gasteiger partial charge in [-0.05, 0) is 35.7 Å². The van der Waals surface area contributed by atoms with Crippen molar-refractivity contribution in [1.29, 1.82) is 0 Å². The van der Waals surface area contributed by atoms with Crippen molar-refractivity contribution in [1.82, 2.24) is 10.6 Å². The number of hydrogen-bond donors (Lipinski definition) is 2. The van der Waals surface area contributed by atoms with Gasteiger partial charge in [0.05, 0.1) is 12.1 Å². The van der Waals surface area contributed by atoms with Crippen LogP contribution in [0, 0.1) is 0 Å².